The van der Waals surface area contributed by atoms with Gasteiger partial charge in [-0.1, -0.05) is 42.7 Å². The van der Waals surface area contributed by atoms with E-state index >= 15 is 0 Å². The summed E-state index contributed by atoms with van der Waals surface area (Å²) >= 11 is 0. The summed E-state index contributed by atoms with van der Waals surface area (Å²) in [4.78, 5) is 27.9. The third kappa shape index (κ3) is 4.27. The van der Waals surface area contributed by atoms with Gasteiger partial charge in [0.1, 0.15) is 18.1 Å². The minimum Gasteiger partial charge on any atom is -0.342 e. The van der Waals surface area contributed by atoms with Crippen molar-refractivity contribution in [2.75, 3.05) is 13.1 Å². The smallest absolute Gasteiger partial charge is 0.278 e. The Labute approximate surface area is 191 Å². The Morgan fingerprint density at radius 2 is 1.85 bits per heavy atom. The van der Waals surface area contributed by atoms with Crippen molar-refractivity contribution in [3.05, 3.63) is 76.0 Å². The predicted molar refractivity (Wildman–Crippen MR) is 126 cm³/mol. The average Bonchev–Trinajstić information content (AvgIpc) is 2.97. The fourth-order valence-corrected chi connectivity index (χ4v) is 4.74. The minimum absolute atomic E-state index is 0.0927. The number of aromatic nitrogens is 3. The van der Waals surface area contributed by atoms with Crippen molar-refractivity contribution in [1.82, 2.24) is 19.2 Å². The van der Waals surface area contributed by atoms with E-state index in [0.717, 1.165) is 55.4 Å². The van der Waals surface area contributed by atoms with Gasteiger partial charge in [-0.2, -0.15) is 5.10 Å². The molecule has 3 heterocycles. The standard InChI is InChI=1S/C26H27FN4O2/c1-18-7-6-8-19(13-18)15-30-16-22-25(21-14-20(27)9-10-23(21)30)28-31(26(22)33)17-24(32)29-11-4-2-3-5-12-29/h6-10,13-14,16H,2-5,11-12,15,17H2,1H3. The number of hydrogen-bond acceptors (Lipinski definition) is 3. The summed E-state index contributed by atoms with van der Waals surface area (Å²) in [6.45, 7) is 3.92. The van der Waals surface area contributed by atoms with Crippen LogP contribution in [0.15, 0.2) is 53.5 Å². The fraction of sp³-hybridized carbons (Fsp3) is 0.346. The Balaban J connectivity index is 1.57. The Kier molecular flexibility index (Phi) is 5.70. The van der Waals surface area contributed by atoms with E-state index in [-0.39, 0.29) is 23.8 Å². The van der Waals surface area contributed by atoms with E-state index in [1.165, 1.54) is 16.8 Å². The van der Waals surface area contributed by atoms with Gasteiger partial charge in [0, 0.05) is 31.2 Å². The van der Waals surface area contributed by atoms with E-state index in [1.54, 1.807) is 12.3 Å². The zero-order valence-electron chi connectivity index (χ0n) is 18.8. The molecule has 0 aromatic heterocycles. The molecule has 7 heteroatoms. The van der Waals surface area contributed by atoms with Crippen LogP contribution in [0.2, 0.25) is 0 Å². The highest BCUT2D eigenvalue weighted by molar-refractivity contribution is 5.93. The molecule has 0 radical (unpaired) electrons. The Bertz CT molecular complexity index is 1350. The van der Waals surface area contributed by atoms with Gasteiger partial charge in [0.2, 0.25) is 5.91 Å². The maximum absolute atomic E-state index is 14.2. The molecule has 6 nitrogen and oxygen atoms in total. The second-order valence-electron chi connectivity index (χ2n) is 8.93. The van der Waals surface area contributed by atoms with Crippen LogP contribution in [0, 0.1) is 12.7 Å². The zero-order chi connectivity index (χ0) is 22.9. The molecule has 1 amide bonds. The van der Waals surface area contributed by atoms with Gasteiger partial charge in [0.15, 0.2) is 0 Å². The summed E-state index contributed by atoms with van der Waals surface area (Å²) in [5.41, 5.74) is 3.52. The maximum Gasteiger partial charge on any atom is 0.278 e. The van der Waals surface area contributed by atoms with Crippen LogP contribution in [0.1, 0.15) is 36.8 Å². The molecule has 0 bridgehead atoms. The number of pyridine rings is 1. The molecule has 1 fully saturated rings. The lowest BCUT2D eigenvalue weighted by atomic mass is 10.1. The van der Waals surface area contributed by atoms with Crippen LogP contribution in [-0.4, -0.2) is 38.2 Å². The molecule has 0 aliphatic carbocycles. The monoisotopic (exact) mass is 446 g/mol. The third-order valence-corrected chi connectivity index (χ3v) is 6.43. The van der Waals surface area contributed by atoms with Gasteiger partial charge in [0.05, 0.1) is 11.1 Å². The lowest BCUT2D eigenvalue weighted by Crippen LogP contribution is -2.36. The number of aryl methyl sites for hydroxylation is 1. The van der Waals surface area contributed by atoms with E-state index in [9.17, 15) is 14.0 Å². The van der Waals surface area contributed by atoms with Crippen molar-refractivity contribution in [1.29, 1.82) is 0 Å². The van der Waals surface area contributed by atoms with Crippen LogP contribution in [-0.2, 0) is 17.9 Å². The molecular weight excluding hydrogens is 419 g/mol. The Morgan fingerprint density at radius 3 is 2.61 bits per heavy atom. The second kappa shape index (κ2) is 8.81. The summed E-state index contributed by atoms with van der Waals surface area (Å²) < 4.78 is 17.4. The van der Waals surface area contributed by atoms with Crippen molar-refractivity contribution >= 4 is 16.8 Å². The van der Waals surface area contributed by atoms with Crippen molar-refractivity contribution in [2.45, 2.75) is 45.7 Å². The molecule has 170 valence electrons. The summed E-state index contributed by atoms with van der Waals surface area (Å²) in [6.07, 6.45) is 6.00. The molecule has 2 aromatic carbocycles. The van der Waals surface area contributed by atoms with Crippen molar-refractivity contribution < 1.29 is 9.18 Å². The molecule has 0 atom stereocenters. The SMILES string of the molecule is Cc1cccc(Cn2cc3c(=O)n(CC(=O)N4CCCCCC4)nc-3c3cc(F)ccc32)c1. The van der Waals surface area contributed by atoms with Crippen LogP contribution in [0.5, 0.6) is 0 Å². The number of benzene rings is 2. The number of amides is 1. The van der Waals surface area contributed by atoms with Gasteiger partial charge in [-0.3, -0.25) is 9.59 Å². The number of carbonyl (C=O) groups is 1. The van der Waals surface area contributed by atoms with Crippen LogP contribution >= 0.6 is 0 Å². The lowest BCUT2D eigenvalue weighted by molar-refractivity contribution is -0.132. The van der Waals surface area contributed by atoms with Crippen LogP contribution < -0.4 is 5.56 Å². The number of fused-ring (bicyclic) bond motifs is 3. The normalized spacial score (nSPS) is 14.7. The topological polar surface area (TPSA) is 60.1 Å². The Morgan fingerprint density at radius 1 is 1.06 bits per heavy atom. The molecule has 0 N–H and O–H groups in total. The van der Waals surface area contributed by atoms with Gasteiger partial charge >= 0.3 is 0 Å². The van der Waals surface area contributed by atoms with Crippen LogP contribution in [0.4, 0.5) is 4.39 Å². The first-order chi connectivity index (χ1) is 16.0. The fourth-order valence-electron chi connectivity index (χ4n) is 4.74. The highest BCUT2D eigenvalue weighted by Crippen LogP contribution is 2.29. The summed E-state index contributed by atoms with van der Waals surface area (Å²) in [5, 5.41) is 5.05. The van der Waals surface area contributed by atoms with Crippen molar-refractivity contribution in [3.8, 4) is 11.3 Å². The maximum atomic E-state index is 14.2. The quantitative estimate of drug-likeness (QED) is 0.472. The predicted octanol–water partition coefficient (Wildman–Crippen LogP) is 4.20. The van der Waals surface area contributed by atoms with Crippen molar-refractivity contribution in [3.63, 3.8) is 0 Å². The highest BCUT2D eigenvalue weighted by Gasteiger charge is 2.23. The lowest BCUT2D eigenvalue weighted by Gasteiger charge is -2.19. The average molecular weight is 447 g/mol. The zero-order valence-corrected chi connectivity index (χ0v) is 18.8. The molecule has 5 rings (SSSR count). The molecule has 2 aromatic rings. The molecule has 0 unspecified atom stereocenters. The Hall–Kier alpha value is -3.48. The first-order valence-electron chi connectivity index (χ1n) is 11.5. The van der Waals surface area contributed by atoms with Gasteiger partial charge < -0.3 is 9.47 Å². The number of rotatable bonds is 4. The molecule has 0 saturated carbocycles. The van der Waals surface area contributed by atoms with E-state index in [2.05, 4.69) is 11.2 Å². The summed E-state index contributed by atoms with van der Waals surface area (Å²) in [6, 6.07) is 12.7. The van der Waals surface area contributed by atoms with E-state index in [1.807, 2.05) is 34.6 Å². The molecule has 3 aliphatic rings. The molecule has 3 aliphatic heterocycles. The summed E-state index contributed by atoms with van der Waals surface area (Å²) in [5.74, 6) is -0.482. The van der Waals surface area contributed by atoms with E-state index in [0.29, 0.717) is 23.2 Å². The van der Waals surface area contributed by atoms with Crippen LogP contribution in [0.3, 0.4) is 0 Å². The van der Waals surface area contributed by atoms with E-state index < -0.39 is 0 Å². The first kappa shape index (κ1) is 21.4. The molecule has 33 heavy (non-hydrogen) atoms. The third-order valence-electron chi connectivity index (χ3n) is 6.43. The molecule has 1 saturated heterocycles. The molecule has 0 spiro atoms. The van der Waals surface area contributed by atoms with Gasteiger partial charge in [-0.05, 0) is 43.5 Å². The summed E-state index contributed by atoms with van der Waals surface area (Å²) in [7, 11) is 0. The highest BCUT2D eigenvalue weighted by atomic mass is 19.1. The number of nitrogens with zero attached hydrogens (tertiary/aromatic N) is 4. The first-order valence-corrected chi connectivity index (χ1v) is 11.5. The van der Waals surface area contributed by atoms with E-state index in [4.69, 9.17) is 0 Å². The van der Waals surface area contributed by atoms with Gasteiger partial charge in [-0.25, -0.2) is 9.07 Å². The number of halogens is 1. The molecular formula is C26H27FN4O2. The van der Waals surface area contributed by atoms with Crippen molar-refractivity contribution in [2.24, 2.45) is 0 Å². The largest absolute Gasteiger partial charge is 0.342 e. The second-order valence-corrected chi connectivity index (χ2v) is 8.93. The number of carbonyl (C=O) groups excluding carboxylic acids is 1. The van der Waals surface area contributed by atoms with Gasteiger partial charge in [0.25, 0.3) is 5.56 Å². The minimum atomic E-state index is -0.389. The van der Waals surface area contributed by atoms with Gasteiger partial charge in [-0.15, -0.1) is 0 Å². The number of likely N-dealkylation sites (tertiary alicyclic amines) is 1. The van der Waals surface area contributed by atoms with Crippen LogP contribution in [0.25, 0.3) is 22.2 Å². The number of hydrogen-bond donors (Lipinski definition) is 0.